The van der Waals surface area contributed by atoms with Crippen LogP contribution in [0.2, 0.25) is 0 Å². The summed E-state index contributed by atoms with van der Waals surface area (Å²) in [5, 5.41) is 9.54. The summed E-state index contributed by atoms with van der Waals surface area (Å²) in [6.45, 7) is 0. The lowest BCUT2D eigenvalue weighted by molar-refractivity contribution is -0.126. The minimum absolute atomic E-state index is 0.0217. The third-order valence-electron chi connectivity index (χ3n) is 5.34. The van der Waals surface area contributed by atoms with E-state index in [0.29, 0.717) is 24.1 Å². The second kappa shape index (κ2) is 7.87. The lowest BCUT2D eigenvalue weighted by Crippen LogP contribution is -2.59. The van der Waals surface area contributed by atoms with E-state index >= 15 is 0 Å². The number of nitrogens with zero attached hydrogens (tertiary/aromatic N) is 1. The predicted octanol–water partition coefficient (Wildman–Crippen LogP) is 4.69. The number of Topliss-reactive ketones (excluding diaryl/α,β-unsaturated/α-hetero) is 1. The number of β-lactam (4-membered cyclic amide) rings is 1. The standard InChI is InChI=1S/C24H20FNO3/c25-18-8-10-19(11-9-18)26-21(14-15-22(28)16-4-2-1-3-5-16)23(24(26)29)17-6-12-20(27)13-7-17/h1-13,21,23,27H,14-15H2/t21-,23+/m0/s1. The van der Waals surface area contributed by atoms with Gasteiger partial charge in [-0.1, -0.05) is 42.5 Å². The molecule has 4 rings (SSSR count). The number of hydrogen-bond acceptors (Lipinski definition) is 3. The molecule has 0 saturated carbocycles. The summed E-state index contributed by atoms with van der Waals surface area (Å²) in [6, 6.07) is 21.2. The third-order valence-corrected chi connectivity index (χ3v) is 5.34. The molecule has 2 atom stereocenters. The Bertz CT molecular complexity index is 961. The highest BCUT2D eigenvalue weighted by Gasteiger charge is 2.48. The molecular formula is C24H20FNO3. The summed E-state index contributed by atoms with van der Waals surface area (Å²) in [7, 11) is 0. The van der Waals surface area contributed by atoms with Crippen molar-refractivity contribution < 1.29 is 19.1 Å². The van der Waals surface area contributed by atoms with Gasteiger partial charge in [-0.25, -0.2) is 4.39 Å². The van der Waals surface area contributed by atoms with Crippen LogP contribution >= 0.6 is 0 Å². The van der Waals surface area contributed by atoms with Gasteiger partial charge in [-0.05, 0) is 48.4 Å². The second-order valence-corrected chi connectivity index (χ2v) is 7.15. The van der Waals surface area contributed by atoms with Gasteiger partial charge in [-0.3, -0.25) is 9.59 Å². The normalized spacial score (nSPS) is 18.4. The molecule has 4 nitrogen and oxygen atoms in total. The average molecular weight is 389 g/mol. The topological polar surface area (TPSA) is 57.6 Å². The van der Waals surface area contributed by atoms with Crippen LogP contribution in [-0.2, 0) is 4.79 Å². The van der Waals surface area contributed by atoms with Gasteiger partial charge >= 0.3 is 0 Å². The lowest BCUT2D eigenvalue weighted by Gasteiger charge is -2.47. The zero-order chi connectivity index (χ0) is 20.4. The van der Waals surface area contributed by atoms with E-state index in [1.165, 1.54) is 12.1 Å². The van der Waals surface area contributed by atoms with Crippen molar-refractivity contribution in [1.29, 1.82) is 0 Å². The van der Waals surface area contributed by atoms with Gasteiger partial charge in [0.05, 0.1) is 12.0 Å². The lowest BCUT2D eigenvalue weighted by atomic mass is 9.78. The highest BCUT2D eigenvalue weighted by atomic mass is 19.1. The number of phenols is 1. The van der Waals surface area contributed by atoms with Crippen molar-refractivity contribution in [3.63, 3.8) is 0 Å². The first kappa shape index (κ1) is 18.9. The number of phenolic OH excluding ortho intramolecular Hbond substituents is 1. The molecule has 1 amide bonds. The number of hydrogen-bond donors (Lipinski definition) is 1. The maximum Gasteiger partial charge on any atom is 0.236 e. The van der Waals surface area contributed by atoms with Crippen molar-refractivity contribution in [3.8, 4) is 5.75 Å². The van der Waals surface area contributed by atoms with E-state index in [1.807, 2.05) is 18.2 Å². The highest BCUT2D eigenvalue weighted by Crippen LogP contribution is 2.42. The molecule has 1 heterocycles. The molecule has 3 aromatic carbocycles. The Hall–Kier alpha value is -3.47. The molecule has 0 unspecified atom stereocenters. The molecule has 1 fully saturated rings. The molecule has 3 aromatic rings. The Morgan fingerprint density at radius 3 is 2.24 bits per heavy atom. The number of halogens is 1. The Labute approximate surface area is 168 Å². The van der Waals surface area contributed by atoms with Gasteiger partial charge < -0.3 is 10.0 Å². The van der Waals surface area contributed by atoms with Crippen LogP contribution in [0, 0.1) is 5.82 Å². The predicted molar refractivity (Wildman–Crippen MR) is 109 cm³/mol. The van der Waals surface area contributed by atoms with Crippen molar-refractivity contribution in [2.75, 3.05) is 4.90 Å². The van der Waals surface area contributed by atoms with Crippen LogP contribution < -0.4 is 4.90 Å². The minimum atomic E-state index is -0.399. The van der Waals surface area contributed by atoms with Crippen molar-refractivity contribution in [2.45, 2.75) is 24.8 Å². The molecule has 146 valence electrons. The van der Waals surface area contributed by atoms with Crippen LogP contribution in [0.5, 0.6) is 5.75 Å². The van der Waals surface area contributed by atoms with Crippen molar-refractivity contribution in [3.05, 3.63) is 95.8 Å². The Morgan fingerprint density at radius 2 is 1.59 bits per heavy atom. The van der Waals surface area contributed by atoms with E-state index < -0.39 is 5.92 Å². The zero-order valence-electron chi connectivity index (χ0n) is 15.7. The van der Waals surface area contributed by atoms with Crippen LogP contribution in [0.4, 0.5) is 10.1 Å². The van der Waals surface area contributed by atoms with Crippen molar-refractivity contribution in [2.24, 2.45) is 0 Å². The summed E-state index contributed by atoms with van der Waals surface area (Å²) in [5.74, 6) is -0.712. The first-order valence-electron chi connectivity index (χ1n) is 9.50. The summed E-state index contributed by atoms with van der Waals surface area (Å²) in [4.78, 5) is 27.1. The Kier molecular flexibility index (Phi) is 5.12. The second-order valence-electron chi connectivity index (χ2n) is 7.15. The number of amides is 1. The molecule has 0 aliphatic carbocycles. The van der Waals surface area contributed by atoms with Gasteiger partial charge in [0.1, 0.15) is 11.6 Å². The number of benzene rings is 3. The maximum atomic E-state index is 13.3. The number of carbonyl (C=O) groups excluding carboxylic acids is 2. The third kappa shape index (κ3) is 3.76. The molecule has 0 spiro atoms. The summed E-state index contributed by atoms with van der Waals surface area (Å²) >= 11 is 0. The van der Waals surface area contributed by atoms with Gasteiger partial charge in [-0.15, -0.1) is 0 Å². The first-order valence-corrected chi connectivity index (χ1v) is 9.50. The quantitative estimate of drug-likeness (QED) is 0.491. The van der Waals surface area contributed by atoms with Gasteiger partial charge in [0.15, 0.2) is 5.78 Å². The fourth-order valence-corrected chi connectivity index (χ4v) is 3.85. The van der Waals surface area contributed by atoms with E-state index in [1.54, 1.807) is 53.4 Å². The summed E-state index contributed by atoms with van der Waals surface area (Å²) in [6.07, 6.45) is 0.788. The number of anilines is 1. The number of aromatic hydroxyl groups is 1. The number of rotatable bonds is 6. The Morgan fingerprint density at radius 1 is 0.931 bits per heavy atom. The van der Waals surface area contributed by atoms with E-state index in [4.69, 9.17) is 0 Å². The largest absolute Gasteiger partial charge is 0.508 e. The SMILES string of the molecule is O=C(CC[C@H]1[C@@H](c2ccc(O)cc2)C(=O)N1c1ccc(F)cc1)c1ccccc1. The van der Waals surface area contributed by atoms with Crippen LogP contribution in [0.3, 0.4) is 0 Å². The van der Waals surface area contributed by atoms with E-state index in [-0.39, 0.29) is 29.3 Å². The average Bonchev–Trinajstić information content (AvgIpc) is 2.74. The fourth-order valence-electron chi connectivity index (χ4n) is 3.85. The van der Waals surface area contributed by atoms with Crippen molar-refractivity contribution >= 4 is 17.4 Å². The molecule has 1 saturated heterocycles. The molecule has 0 bridgehead atoms. The first-order chi connectivity index (χ1) is 14.0. The van der Waals surface area contributed by atoms with E-state index in [2.05, 4.69) is 0 Å². The number of ketones is 1. The fraction of sp³-hybridized carbons (Fsp3) is 0.167. The summed E-state index contributed by atoms with van der Waals surface area (Å²) in [5.41, 5.74) is 2.06. The van der Waals surface area contributed by atoms with Crippen LogP contribution in [0.15, 0.2) is 78.9 Å². The Balaban J connectivity index is 1.58. The molecular weight excluding hydrogens is 369 g/mol. The minimum Gasteiger partial charge on any atom is -0.508 e. The zero-order valence-corrected chi connectivity index (χ0v) is 15.7. The molecule has 1 N–H and O–H groups in total. The molecule has 1 aliphatic rings. The maximum absolute atomic E-state index is 13.3. The van der Waals surface area contributed by atoms with Gasteiger partial charge in [0.2, 0.25) is 5.91 Å². The van der Waals surface area contributed by atoms with E-state index in [9.17, 15) is 19.1 Å². The summed E-state index contributed by atoms with van der Waals surface area (Å²) < 4.78 is 13.3. The smallest absolute Gasteiger partial charge is 0.236 e. The van der Waals surface area contributed by atoms with Gasteiger partial charge in [0.25, 0.3) is 0 Å². The van der Waals surface area contributed by atoms with E-state index in [0.717, 1.165) is 5.56 Å². The van der Waals surface area contributed by atoms with Crippen molar-refractivity contribution in [1.82, 2.24) is 0 Å². The van der Waals surface area contributed by atoms with Gasteiger partial charge in [0, 0.05) is 17.7 Å². The molecule has 0 radical (unpaired) electrons. The monoisotopic (exact) mass is 389 g/mol. The molecule has 0 aromatic heterocycles. The van der Waals surface area contributed by atoms with Crippen LogP contribution in [0.25, 0.3) is 0 Å². The number of carbonyl (C=O) groups is 2. The highest BCUT2D eigenvalue weighted by molar-refractivity contribution is 6.06. The molecule has 29 heavy (non-hydrogen) atoms. The van der Waals surface area contributed by atoms with Crippen LogP contribution in [0.1, 0.15) is 34.7 Å². The van der Waals surface area contributed by atoms with Gasteiger partial charge in [-0.2, -0.15) is 0 Å². The van der Waals surface area contributed by atoms with Crippen LogP contribution in [-0.4, -0.2) is 22.8 Å². The molecule has 5 heteroatoms. The molecule has 1 aliphatic heterocycles.